The second kappa shape index (κ2) is 34.7. The second-order valence-electron chi connectivity index (χ2n) is 4.70. The van der Waals surface area contributed by atoms with Crippen molar-refractivity contribution < 1.29 is 77.7 Å². The van der Waals surface area contributed by atoms with Crippen molar-refractivity contribution in [1.29, 1.82) is 0 Å². The molecule has 200 valence electrons. The molecule has 38 heavy (non-hydrogen) atoms. The molecule has 0 aliphatic heterocycles. The van der Waals surface area contributed by atoms with Gasteiger partial charge in [0.1, 0.15) is 0 Å². The minimum Gasteiger partial charge on any atom is -0.545 e. The van der Waals surface area contributed by atoms with Crippen molar-refractivity contribution in [2.45, 2.75) is 0 Å². The number of methoxy groups -OCH3 is 4. The number of carboxylic acids is 4. The van der Waals surface area contributed by atoms with Crippen LogP contribution < -0.4 is 20.4 Å². The number of carbonyl (C=O) groups is 8. The van der Waals surface area contributed by atoms with E-state index in [-0.39, 0.29) is 91.0 Å². The summed E-state index contributed by atoms with van der Waals surface area (Å²) >= 11 is 0. The van der Waals surface area contributed by atoms with Gasteiger partial charge in [-0.1, -0.05) is 0 Å². The molecule has 0 N–H and O–H groups in total. The van der Waals surface area contributed by atoms with Gasteiger partial charge in [0.2, 0.25) is 0 Å². The van der Waals surface area contributed by atoms with Gasteiger partial charge in [0.05, 0.1) is 52.3 Å². The molecule has 0 aromatic heterocycles. The Morgan fingerprint density at radius 1 is 0.368 bits per heavy atom. The van der Waals surface area contributed by atoms with Gasteiger partial charge >= 0.3 is 115 Å². The van der Waals surface area contributed by atoms with Crippen LogP contribution in [-0.2, 0) is 57.3 Å². The predicted molar refractivity (Wildman–Crippen MR) is 116 cm³/mol. The largest absolute Gasteiger partial charge is 2.00 e. The second-order valence-corrected chi connectivity index (χ2v) is 4.70. The maximum Gasteiger partial charge on any atom is 2.00 e. The molecule has 0 spiro atoms. The molecule has 0 aliphatic rings. The third-order valence-electron chi connectivity index (χ3n) is 2.23. The molecule has 0 heterocycles. The van der Waals surface area contributed by atoms with Crippen molar-refractivity contribution in [3.63, 3.8) is 0 Å². The molecule has 0 bridgehead atoms. The number of hydrogen-bond acceptors (Lipinski definition) is 16. The Labute approximate surface area is 290 Å². The predicted octanol–water partition coefficient (Wildman–Crippen LogP) is -6.90. The summed E-state index contributed by atoms with van der Waals surface area (Å²) in [6.07, 6.45) is 5.50. The molecule has 0 unspecified atom stereocenters. The molecule has 0 aliphatic carbocycles. The minimum atomic E-state index is -1.42. The summed E-state index contributed by atoms with van der Waals surface area (Å²) < 4.78 is 16.3. The van der Waals surface area contributed by atoms with Crippen molar-refractivity contribution in [1.82, 2.24) is 0 Å². The monoisotopic (exact) mass is 692 g/mol. The molecular weight excluding hydrogens is 671 g/mol. The number of carbonyl (C=O) groups excluding carboxylic acids is 8. The molecule has 16 nitrogen and oxygen atoms in total. The first-order valence-electron chi connectivity index (χ1n) is 8.54. The first-order valence-corrected chi connectivity index (χ1v) is 8.54. The van der Waals surface area contributed by atoms with Crippen molar-refractivity contribution in [2.75, 3.05) is 28.4 Å². The number of ether oxygens (including phenoxy) is 4. The van der Waals surface area contributed by atoms with Crippen molar-refractivity contribution >= 4 is 139 Å². The number of esters is 4. The van der Waals surface area contributed by atoms with E-state index in [9.17, 15) is 58.8 Å². The van der Waals surface area contributed by atoms with Crippen LogP contribution in [0.15, 0.2) is 48.6 Å². The standard InChI is InChI=1S/4C5H6O4.2Sr/c4*1-9-5(8)3-2-4(6)7;;/h4*2-3H,1H3,(H,6,7);;/q;;;;2*+2/p-4/b4*3-2+;;. The molecule has 0 fully saturated rings. The van der Waals surface area contributed by atoms with Gasteiger partial charge in [0.15, 0.2) is 0 Å². The normalized spacial score (nSPS) is 8.95. The van der Waals surface area contributed by atoms with Crippen LogP contribution in [0.2, 0.25) is 0 Å². The van der Waals surface area contributed by atoms with Crippen LogP contribution in [0.5, 0.6) is 0 Å². The Balaban J connectivity index is -0.0000000883. The molecule has 0 saturated heterocycles. The van der Waals surface area contributed by atoms with Crippen LogP contribution in [0.3, 0.4) is 0 Å². The fourth-order valence-electron chi connectivity index (χ4n) is 0.816. The van der Waals surface area contributed by atoms with E-state index in [0.29, 0.717) is 24.3 Å². The van der Waals surface area contributed by atoms with E-state index in [0.717, 1.165) is 52.7 Å². The Hall–Kier alpha value is -2.32. The SMILES string of the molecule is COC(=O)/C=C/C(=O)[O-].COC(=O)/C=C/C(=O)[O-].COC(=O)/C=C/C(=O)[O-].COC(=O)/C=C/C(=O)[O-].[Sr+2].[Sr+2]. The van der Waals surface area contributed by atoms with E-state index in [1.54, 1.807) is 0 Å². The van der Waals surface area contributed by atoms with Crippen LogP contribution in [0.4, 0.5) is 0 Å². The number of carboxylic acid groups (broad SMARTS) is 4. The van der Waals surface area contributed by atoms with Gasteiger partial charge in [0, 0.05) is 24.3 Å². The van der Waals surface area contributed by atoms with Crippen molar-refractivity contribution in [3.8, 4) is 0 Å². The summed E-state index contributed by atoms with van der Waals surface area (Å²) in [5.74, 6) is -8.50. The molecule has 0 aromatic carbocycles. The van der Waals surface area contributed by atoms with Crippen LogP contribution in [-0.4, -0.2) is 167 Å². The maximum atomic E-state index is 10.1. The van der Waals surface area contributed by atoms with Gasteiger partial charge in [-0.15, -0.1) is 0 Å². The van der Waals surface area contributed by atoms with Gasteiger partial charge in [-0.05, 0) is 24.3 Å². The van der Waals surface area contributed by atoms with Crippen molar-refractivity contribution in [2.24, 2.45) is 0 Å². The maximum absolute atomic E-state index is 10.1. The van der Waals surface area contributed by atoms with E-state index in [1.165, 1.54) is 0 Å². The van der Waals surface area contributed by atoms with Crippen LogP contribution in [0, 0.1) is 0 Å². The molecule has 0 atom stereocenters. The zero-order valence-corrected chi connectivity index (χ0v) is 27.5. The summed E-state index contributed by atoms with van der Waals surface area (Å²) in [7, 11) is 4.62. The fraction of sp³-hybridized carbons (Fsp3) is 0.200. The molecule has 0 saturated carbocycles. The molecule has 0 aromatic rings. The summed E-state index contributed by atoms with van der Waals surface area (Å²) in [6, 6.07) is 0. The Kier molecular flexibility index (Phi) is 44.5. The zero-order chi connectivity index (χ0) is 29.1. The van der Waals surface area contributed by atoms with E-state index >= 15 is 0 Å². The number of aliphatic carboxylic acids is 4. The summed E-state index contributed by atoms with van der Waals surface area (Å²) in [4.78, 5) is 78.9. The average Bonchev–Trinajstić information content (AvgIpc) is 2.83. The van der Waals surface area contributed by atoms with Crippen molar-refractivity contribution in [3.05, 3.63) is 48.6 Å². The first-order chi connectivity index (χ1) is 16.7. The smallest absolute Gasteiger partial charge is 0.545 e. The average molecular weight is 692 g/mol. The van der Waals surface area contributed by atoms with Crippen LogP contribution >= 0.6 is 0 Å². The Morgan fingerprint density at radius 3 is 0.579 bits per heavy atom. The first kappa shape index (κ1) is 48.7. The van der Waals surface area contributed by atoms with Gasteiger partial charge in [-0.2, -0.15) is 0 Å². The van der Waals surface area contributed by atoms with Gasteiger partial charge < -0.3 is 58.6 Å². The summed E-state index contributed by atoms with van der Waals surface area (Å²) in [5.41, 5.74) is 0. The van der Waals surface area contributed by atoms with Gasteiger partial charge in [-0.3, -0.25) is 0 Å². The Morgan fingerprint density at radius 2 is 0.500 bits per heavy atom. The molecule has 0 rings (SSSR count). The zero-order valence-electron chi connectivity index (χ0n) is 20.6. The fourth-order valence-corrected chi connectivity index (χ4v) is 0.816. The number of rotatable bonds is 8. The minimum absolute atomic E-state index is 0. The van der Waals surface area contributed by atoms with E-state index in [1.807, 2.05) is 0 Å². The molecule has 0 amide bonds. The van der Waals surface area contributed by atoms with E-state index < -0.39 is 47.8 Å². The van der Waals surface area contributed by atoms with Crippen LogP contribution in [0.1, 0.15) is 0 Å². The Bertz CT molecular complexity index is 743. The summed E-state index contributed by atoms with van der Waals surface area (Å²) in [6.45, 7) is 0. The number of hydrogen-bond donors (Lipinski definition) is 0. The van der Waals surface area contributed by atoms with Gasteiger partial charge in [0.25, 0.3) is 0 Å². The quantitative estimate of drug-likeness (QED) is 0.0990. The third-order valence-corrected chi connectivity index (χ3v) is 2.23. The van der Waals surface area contributed by atoms with Gasteiger partial charge in [-0.25, -0.2) is 19.2 Å². The summed E-state index contributed by atoms with van der Waals surface area (Å²) in [5, 5.41) is 38.5. The van der Waals surface area contributed by atoms with E-state index in [2.05, 4.69) is 18.9 Å². The third kappa shape index (κ3) is 54.5. The molecule has 18 heteroatoms. The topological polar surface area (TPSA) is 266 Å². The molecular formula is C20H20O16Sr2. The molecule has 0 radical (unpaired) electrons. The van der Waals surface area contributed by atoms with Crippen LogP contribution in [0.25, 0.3) is 0 Å². The van der Waals surface area contributed by atoms with E-state index in [4.69, 9.17) is 0 Å².